The van der Waals surface area contributed by atoms with Gasteiger partial charge in [-0.1, -0.05) is 52.3 Å². The van der Waals surface area contributed by atoms with Gasteiger partial charge in [0.2, 0.25) is 0 Å². The first-order valence-corrected chi connectivity index (χ1v) is 18.0. The topological polar surface area (TPSA) is 164 Å². The van der Waals surface area contributed by atoms with Crippen LogP contribution in [0.25, 0.3) is 11.0 Å². The lowest BCUT2D eigenvalue weighted by atomic mass is 9.75. The number of rotatable bonds is 6. The third-order valence-corrected chi connectivity index (χ3v) is 9.83. The Bertz CT molecular complexity index is 2050. The van der Waals surface area contributed by atoms with Gasteiger partial charge in [-0.2, -0.15) is 0 Å². The predicted octanol–water partition coefficient (Wildman–Crippen LogP) is 7.69. The number of aromatic carboxylic acids is 1. The fourth-order valence-corrected chi connectivity index (χ4v) is 5.39. The molecular weight excluding hydrogens is 753 g/mol. The molecule has 0 aliphatic carbocycles. The summed E-state index contributed by atoms with van der Waals surface area (Å²) in [6.45, 7) is 17.8. The Hall–Kier alpha value is -4.69. The van der Waals surface area contributed by atoms with E-state index in [0.29, 0.717) is 35.2 Å². The summed E-state index contributed by atoms with van der Waals surface area (Å²) < 4.78 is 23.0. The zero-order valence-electron chi connectivity index (χ0n) is 32.5. The van der Waals surface area contributed by atoms with E-state index >= 15 is 0 Å². The number of halogens is 1. The smallest absolute Gasteiger partial charge is 0.478 e. The van der Waals surface area contributed by atoms with Gasteiger partial charge in [0.05, 0.1) is 34.8 Å². The number of carboxylic acids is 1. The first kappa shape index (κ1) is 43.7. The molecule has 1 aliphatic heterocycles. The van der Waals surface area contributed by atoms with Gasteiger partial charge >= 0.3 is 19.1 Å². The van der Waals surface area contributed by atoms with Crippen LogP contribution in [0.4, 0.5) is 0 Å². The second-order valence-corrected chi connectivity index (χ2v) is 15.0. The van der Waals surface area contributed by atoms with E-state index < -0.39 is 18.5 Å². The van der Waals surface area contributed by atoms with Crippen LogP contribution in [0.2, 0.25) is 0 Å². The number of aryl methyl sites for hydroxylation is 2. The molecule has 3 N–H and O–H groups in total. The van der Waals surface area contributed by atoms with E-state index in [0.717, 1.165) is 27.0 Å². The summed E-state index contributed by atoms with van der Waals surface area (Å²) in [5, 5.41) is 9.12. The van der Waals surface area contributed by atoms with Crippen molar-refractivity contribution in [3.8, 4) is 0 Å². The van der Waals surface area contributed by atoms with Crippen LogP contribution in [0.1, 0.15) is 90.6 Å². The Labute approximate surface area is 325 Å². The number of furan rings is 1. The number of benzene rings is 2. The summed E-state index contributed by atoms with van der Waals surface area (Å²) in [7, 11) is 0.973. The zero-order valence-corrected chi connectivity index (χ0v) is 34.1. The van der Waals surface area contributed by atoms with Crippen LogP contribution in [-0.4, -0.2) is 58.7 Å². The Balaban J connectivity index is 0.000000210. The number of carbonyl (C=O) groups is 3. The number of hydrogen-bond acceptors (Lipinski definition) is 10. The van der Waals surface area contributed by atoms with Crippen molar-refractivity contribution in [2.75, 3.05) is 7.11 Å². The van der Waals surface area contributed by atoms with Gasteiger partial charge in [-0.3, -0.25) is 19.6 Å². The van der Waals surface area contributed by atoms with E-state index in [1.807, 2.05) is 90.1 Å². The van der Waals surface area contributed by atoms with Crippen LogP contribution in [0.15, 0.2) is 87.9 Å². The maximum atomic E-state index is 12.0. The minimum absolute atomic E-state index is 0.248. The summed E-state index contributed by atoms with van der Waals surface area (Å²) in [5.41, 5.74) is 9.59. The lowest BCUT2D eigenvalue weighted by molar-refractivity contribution is -0.146. The number of nitrogens with two attached hydrogens (primary N) is 1. The lowest BCUT2D eigenvalue weighted by Crippen LogP contribution is -2.41. The molecule has 13 heteroatoms. The molecule has 0 bridgehead atoms. The van der Waals surface area contributed by atoms with Crippen molar-refractivity contribution in [1.82, 2.24) is 9.97 Å². The molecule has 11 nitrogen and oxygen atoms in total. The molecule has 0 saturated carbocycles. The van der Waals surface area contributed by atoms with E-state index in [-0.39, 0.29) is 22.7 Å². The average molecular weight is 803 g/mol. The number of nitrogens with zero attached hydrogens (tertiary/aromatic N) is 2. The standard InChI is InChI=1S/C17H25BO4.C11H10N2O2.C7H8BrN.C6H6O2/c1-15(2,14(19)20-7)12-9-8-10-13(11-12)18-21-16(3,4)17(5,6)22-18;1-6-7(2)13-8-4-3-5-12-10(8)9(6)11(14)15;8-7-3-1-6(5-9)2-4-7;1-5-2-3-6(4-7)8-5/h8-11H,1-7H3;3-5H,1-2H3,(H,14,15);1-4H,5,9H2;2-4H,1H3. The molecule has 0 amide bonds. The highest BCUT2D eigenvalue weighted by molar-refractivity contribution is 9.10. The van der Waals surface area contributed by atoms with Crippen molar-refractivity contribution in [3.05, 3.63) is 123 Å². The number of carboxylic acid groups (broad SMARTS) is 1. The lowest BCUT2D eigenvalue weighted by Gasteiger charge is -2.32. The van der Waals surface area contributed by atoms with Crippen molar-refractivity contribution in [3.63, 3.8) is 0 Å². The molecule has 5 aromatic rings. The Morgan fingerprint density at radius 1 is 0.963 bits per heavy atom. The van der Waals surface area contributed by atoms with Gasteiger partial charge in [-0.05, 0) is 121 Å². The van der Waals surface area contributed by atoms with Crippen molar-refractivity contribution >= 4 is 57.8 Å². The number of pyridine rings is 2. The van der Waals surface area contributed by atoms with Gasteiger partial charge < -0.3 is 29.3 Å². The quantitative estimate of drug-likeness (QED) is 0.0983. The number of aldehydes is 1. The fraction of sp³-hybridized carbons (Fsp3) is 0.341. The first-order valence-electron chi connectivity index (χ1n) is 17.2. The highest BCUT2D eigenvalue weighted by Crippen LogP contribution is 2.37. The SMILES string of the molecule is COC(=O)C(C)(C)c1cccc(B2OC(C)(C)C(C)(C)O2)c1.Cc1ccc(C=O)o1.Cc1nc2cccnc2c(C(=O)O)c1C.NCc1ccc(Br)cc1. The maximum absolute atomic E-state index is 12.0. The molecule has 1 fully saturated rings. The predicted molar refractivity (Wildman–Crippen MR) is 214 cm³/mol. The van der Waals surface area contributed by atoms with Crippen LogP contribution < -0.4 is 11.2 Å². The molecule has 1 saturated heterocycles. The molecule has 4 heterocycles. The number of carbonyl (C=O) groups excluding carboxylic acids is 2. The van der Waals surface area contributed by atoms with Crippen molar-refractivity contribution in [1.29, 1.82) is 0 Å². The Morgan fingerprint density at radius 3 is 2.09 bits per heavy atom. The zero-order chi connectivity index (χ0) is 40.4. The van der Waals surface area contributed by atoms with E-state index in [1.54, 1.807) is 51.2 Å². The highest BCUT2D eigenvalue weighted by atomic mass is 79.9. The third-order valence-electron chi connectivity index (χ3n) is 9.30. The molecule has 1 aliphatic rings. The normalized spacial score (nSPS) is 14.0. The number of hydrogen-bond donors (Lipinski definition) is 2. The molecular formula is C41H49BBrN3O8. The largest absolute Gasteiger partial charge is 0.494 e. The minimum Gasteiger partial charge on any atom is -0.478 e. The van der Waals surface area contributed by atoms with Crippen LogP contribution in [0.5, 0.6) is 0 Å². The summed E-state index contributed by atoms with van der Waals surface area (Å²) in [6, 6.07) is 22.6. The maximum Gasteiger partial charge on any atom is 0.494 e. The fourth-order valence-electron chi connectivity index (χ4n) is 5.13. The van der Waals surface area contributed by atoms with Crippen LogP contribution >= 0.6 is 15.9 Å². The molecule has 2 aromatic carbocycles. The highest BCUT2D eigenvalue weighted by Gasteiger charge is 2.51. The van der Waals surface area contributed by atoms with Gasteiger partial charge in [0, 0.05) is 22.9 Å². The Kier molecular flexibility index (Phi) is 15.0. The van der Waals surface area contributed by atoms with Gasteiger partial charge in [-0.15, -0.1) is 0 Å². The second kappa shape index (κ2) is 18.6. The molecule has 0 spiro atoms. The van der Waals surface area contributed by atoms with E-state index in [2.05, 4.69) is 25.9 Å². The van der Waals surface area contributed by atoms with Crippen LogP contribution in [-0.2, 0) is 30.8 Å². The number of fused-ring (bicyclic) bond motifs is 1. The molecule has 6 rings (SSSR count). The summed E-state index contributed by atoms with van der Waals surface area (Å²) in [4.78, 5) is 41.4. The summed E-state index contributed by atoms with van der Waals surface area (Å²) in [5.74, 6) is -0.0603. The Morgan fingerprint density at radius 2 is 1.59 bits per heavy atom. The molecule has 0 radical (unpaired) electrons. The van der Waals surface area contributed by atoms with Crippen molar-refractivity contribution in [2.45, 2.75) is 85.5 Å². The second-order valence-electron chi connectivity index (χ2n) is 14.1. The van der Waals surface area contributed by atoms with Crippen LogP contribution in [0.3, 0.4) is 0 Å². The van der Waals surface area contributed by atoms with Gasteiger partial charge in [-0.25, -0.2) is 4.79 Å². The number of esters is 1. The van der Waals surface area contributed by atoms with Crippen molar-refractivity contribution < 1.29 is 38.0 Å². The monoisotopic (exact) mass is 801 g/mol. The summed E-state index contributed by atoms with van der Waals surface area (Å²) >= 11 is 3.33. The number of methoxy groups -OCH3 is 1. The third kappa shape index (κ3) is 10.9. The molecule has 3 aromatic heterocycles. The minimum atomic E-state index is -0.957. The van der Waals surface area contributed by atoms with E-state index in [9.17, 15) is 14.4 Å². The molecule has 286 valence electrons. The first-order chi connectivity index (χ1) is 25.3. The average Bonchev–Trinajstić information content (AvgIpc) is 3.66. The number of aromatic nitrogens is 2. The molecule has 54 heavy (non-hydrogen) atoms. The van der Waals surface area contributed by atoms with Gasteiger partial charge in [0.1, 0.15) is 11.3 Å². The molecule has 0 atom stereocenters. The van der Waals surface area contributed by atoms with Crippen molar-refractivity contribution in [2.24, 2.45) is 5.73 Å². The van der Waals surface area contributed by atoms with Crippen LogP contribution in [0, 0.1) is 20.8 Å². The van der Waals surface area contributed by atoms with Gasteiger partial charge in [0.15, 0.2) is 12.0 Å². The molecule has 0 unspecified atom stereocenters. The number of ether oxygens (including phenoxy) is 1. The van der Waals surface area contributed by atoms with E-state index in [4.69, 9.17) is 29.3 Å². The summed E-state index contributed by atoms with van der Waals surface area (Å²) in [6.07, 6.45) is 2.26. The van der Waals surface area contributed by atoms with Gasteiger partial charge in [0.25, 0.3) is 0 Å². The van der Waals surface area contributed by atoms with E-state index in [1.165, 1.54) is 12.7 Å².